The largest absolute Gasteiger partial charge is 0.317 e. The van der Waals surface area contributed by atoms with Crippen LogP contribution in [-0.2, 0) is 0 Å². The van der Waals surface area contributed by atoms with Gasteiger partial charge in [-0.2, -0.15) is 5.26 Å². The Morgan fingerprint density at radius 1 is 1.39 bits per heavy atom. The molecule has 0 aliphatic carbocycles. The second-order valence-electron chi connectivity index (χ2n) is 3.85. The van der Waals surface area contributed by atoms with Crippen molar-refractivity contribution in [3.05, 3.63) is 58.8 Å². The summed E-state index contributed by atoms with van der Waals surface area (Å²) in [6.45, 7) is 0. The van der Waals surface area contributed by atoms with E-state index in [4.69, 9.17) is 5.26 Å². The van der Waals surface area contributed by atoms with Gasteiger partial charge in [0.15, 0.2) is 0 Å². The number of benzene rings is 1. The Balaban J connectivity index is 2.25. The highest BCUT2D eigenvalue weighted by Gasteiger charge is 2.05. The van der Waals surface area contributed by atoms with Crippen molar-refractivity contribution in [3.63, 3.8) is 0 Å². The van der Waals surface area contributed by atoms with Crippen LogP contribution in [0.4, 0.5) is 0 Å². The van der Waals surface area contributed by atoms with Crippen molar-refractivity contribution in [2.24, 2.45) is 0 Å². The molecule has 0 radical (unpaired) electrons. The van der Waals surface area contributed by atoms with Gasteiger partial charge >= 0.3 is 0 Å². The van der Waals surface area contributed by atoms with Crippen molar-refractivity contribution in [1.82, 2.24) is 14.4 Å². The minimum atomic E-state index is -0.250. The number of aromatic amines is 1. The zero-order valence-electron chi connectivity index (χ0n) is 9.29. The Bertz CT molecular complexity index is 823. The van der Waals surface area contributed by atoms with Crippen LogP contribution in [0.1, 0.15) is 5.56 Å². The van der Waals surface area contributed by atoms with E-state index in [2.05, 4.69) is 16.0 Å². The fourth-order valence-electron chi connectivity index (χ4n) is 1.85. The van der Waals surface area contributed by atoms with Gasteiger partial charge in [-0.1, -0.05) is 12.1 Å². The lowest BCUT2D eigenvalue weighted by atomic mass is 10.1. The Morgan fingerprint density at radius 2 is 2.28 bits per heavy atom. The maximum Gasteiger partial charge on any atom is 0.292 e. The third-order valence-electron chi connectivity index (χ3n) is 2.69. The van der Waals surface area contributed by atoms with E-state index in [0.717, 1.165) is 5.56 Å². The van der Waals surface area contributed by atoms with Gasteiger partial charge in [-0.15, -0.1) is 0 Å². The average molecular weight is 236 g/mol. The maximum atomic E-state index is 11.8. The smallest absolute Gasteiger partial charge is 0.292 e. The third kappa shape index (κ3) is 1.57. The molecule has 0 fully saturated rings. The van der Waals surface area contributed by atoms with Crippen molar-refractivity contribution in [2.75, 3.05) is 0 Å². The molecule has 0 unspecified atom stereocenters. The van der Waals surface area contributed by atoms with Crippen molar-refractivity contribution >= 4 is 5.65 Å². The lowest BCUT2D eigenvalue weighted by Gasteiger charge is -2.03. The van der Waals surface area contributed by atoms with Crippen LogP contribution in [0.5, 0.6) is 0 Å². The minimum absolute atomic E-state index is 0.250. The van der Waals surface area contributed by atoms with Crippen LogP contribution < -0.4 is 5.56 Å². The van der Waals surface area contributed by atoms with Gasteiger partial charge in [0.1, 0.15) is 0 Å². The normalized spacial score (nSPS) is 10.4. The molecule has 0 aliphatic heterocycles. The standard InChI is InChI=1S/C13H8N4O/c14-7-9-2-1-3-10(6-9)11-8-17-5-4-15-12(17)13(18)16-11/h1-6,8H,(H,16,18). The van der Waals surface area contributed by atoms with Crippen LogP contribution >= 0.6 is 0 Å². The molecule has 86 valence electrons. The number of fused-ring (bicyclic) bond motifs is 1. The van der Waals surface area contributed by atoms with Gasteiger partial charge in [0.25, 0.3) is 5.56 Å². The van der Waals surface area contributed by atoms with E-state index in [-0.39, 0.29) is 5.56 Å². The third-order valence-corrected chi connectivity index (χ3v) is 2.69. The summed E-state index contributed by atoms with van der Waals surface area (Å²) < 4.78 is 1.66. The molecule has 3 aromatic rings. The molecule has 0 saturated carbocycles. The van der Waals surface area contributed by atoms with Gasteiger partial charge in [-0.05, 0) is 12.1 Å². The Morgan fingerprint density at radius 3 is 3.11 bits per heavy atom. The molecule has 1 aromatic carbocycles. The number of rotatable bonds is 1. The molecule has 0 amide bonds. The van der Waals surface area contributed by atoms with Crippen molar-refractivity contribution in [3.8, 4) is 17.3 Å². The zero-order valence-corrected chi connectivity index (χ0v) is 9.29. The Labute approximate surface area is 102 Å². The highest BCUT2D eigenvalue weighted by Crippen LogP contribution is 2.16. The molecule has 0 atom stereocenters. The summed E-state index contributed by atoms with van der Waals surface area (Å²) in [7, 11) is 0. The van der Waals surface area contributed by atoms with Crippen LogP contribution in [0.25, 0.3) is 16.9 Å². The van der Waals surface area contributed by atoms with E-state index in [1.54, 1.807) is 41.2 Å². The maximum absolute atomic E-state index is 11.8. The van der Waals surface area contributed by atoms with Gasteiger partial charge in [0.05, 0.1) is 17.3 Å². The van der Waals surface area contributed by atoms with Gasteiger partial charge in [-0.25, -0.2) is 4.98 Å². The lowest BCUT2D eigenvalue weighted by molar-refractivity contribution is 1.09. The molecule has 0 saturated heterocycles. The fourth-order valence-corrected chi connectivity index (χ4v) is 1.85. The first-order valence-electron chi connectivity index (χ1n) is 5.34. The molecule has 0 aliphatic rings. The number of nitrogens with zero attached hydrogens (tertiary/aromatic N) is 3. The van der Waals surface area contributed by atoms with Crippen LogP contribution in [0.3, 0.4) is 0 Å². The van der Waals surface area contributed by atoms with E-state index in [9.17, 15) is 4.79 Å². The monoisotopic (exact) mass is 236 g/mol. The zero-order chi connectivity index (χ0) is 12.5. The number of imidazole rings is 1. The first kappa shape index (κ1) is 10.3. The van der Waals surface area contributed by atoms with Gasteiger partial charge in [-0.3, -0.25) is 4.79 Å². The number of aromatic nitrogens is 3. The van der Waals surface area contributed by atoms with Gasteiger partial charge in [0.2, 0.25) is 5.65 Å². The van der Waals surface area contributed by atoms with Crippen LogP contribution in [0, 0.1) is 11.3 Å². The second-order valence-corrected chi connectivity index (χ2v) is 3.85. The molecular weight excluding hydrogens is 228 g/mol. The molecule has 0 bridgehead atoms. The number of nitrogens with one attached hydrogen (secondary N) is 1. The fraction of sp³-hybridized carbons (Fsp3) is 0. The van der Waals surface area contributed by atoms with E-state index >= 15 is 0 Å². The van der Waals surface area contributed by atoms with Gasteiger partial charge in [0, 0.05) is 24.2 Å². The first-order chi connectivity index (χ1) is 8.78. The van der Waals surface area contributed by atoms with Crippen LogP contribution in [0.15, 0.2) is 47.7 Å². The summed E-state index contributed by atoms with van der Waals surface area (Å²) >= 11 is 0. The number of hydrogen-bond donors (Lipinski definition) is 1. The lowest BCUT2D eigenvalue weighted by Crippen LogP contribution is -2.11. The molecule has 0 spiro atoms. The average Bonchev–Trinajstić information content (AvgIpc) is 2.87. The second kappa shape index (κ2) is 3.86. The SMILES string of the molecule is N#Cc1cccc(-c2cn3ccnc3c(=O)[nH]2)c1. The molecule has 5 heteroatoms. The quantitative estimate of drug-likeness (QED) is 0.696. The predicted molar refractivity (Wildman–Crippen MR) is 66.0 cm³/mol. The molecule has 1 N–H and O–H groups in total. The summed E-state index contributed by atoms with van der Waals surface area (Å²) in [4.78, 5) is 18.5. The van der Waals surface area contributed by atoms with Crippen LogP contribution in [0.2, 0.25) is 0 Å². The van der Waals surface area contributed by atoms with Crippen molar-refractivity contribution in [2.45, 2.75) is 0 Å². The van der Waals surface area contributed by atoms with E-state index < -0.39 is 0 Å². The number of nitriles is 1. The Hall–Kier alpha value is -2.87. The molecule has 2 aromatic heterocycles. The predicted octanol–water partition coefficient (Wildman–Crippen LogP) is 1.56. The summed E-state index contributed by atoms with van der Waals surface area (Å²) in [6, 6.07) is 9.15. The molecular formula is C13H8N4O. The van der Waals surface area contributed by atoms with Gasteiger partial charge < -0.3 is 9.38 Å². The molecule has 2 heterocycles. The highest BCUT2D eigenvalue weighted by atomic mass is 16.1. The molecule has 5 nitrogen and oxygen atoms in total. The first-order valence-corrected chi connectivity index (χ1v) is 5.34. The minimum Gasteiger partial charge on any atom is -0.317 e. The summed E-state index contributed by atoms with van der Waals surface area (Å²) in [5.74, 6) is 0. The summed E-state index contributed by atoms with van der Waals surface area (Å²) in [5.41, 5.74) is 2.11. The molecule has 3 rings (SSSR count). The van der Waals surface area contributed by atoms with Crippen LogP contribution in [-0.4, -0.2) is 14.4 Å². The van der Waals surface area contributed by atoms with Crippen molar-refractivity contribution in [1.29, 1.82) is 5.26 Å². The summed E-state index contributed by atoms with van der Waals surface area (Å²) in [5, 5.41) is 8.87. The van der Waals surface area contributed by atoms with E-state index in [0.29, 0.717) is 16.9 Å². The topological polar surface area (TPSA) is 74.0 Å². The number of hydrogen-bond acceptors (Lipinski definition) is 3. The van der Waals surface area contributed by atoms with Crippen molar-refractivity contribution < 1.29 is 0 Å². The number of H-pyrrole nitrogens is 1. The summed E-state index contributed by atoms with van der Waals surface area (Å²) in [6.07, 6.45) is 5.06. The van der Waals surface area contributed by atoms with E-state index in [1.807, 2.05) is 6.07 Å². The highest BCUT2D eigenvalue weighted by molar-refractivity contribution is 5.61. The molecule has 18 heavy (non-hydrogen) atoms. The van der Waals surface area contributed by atoms with E-state index in [1.165, 1.54) is 0 Å². The Kier molecular flexibility index (Phi) is 2.21.